The minimum Gasteiger partial charge on any atom is -0.457 e. The minimum atomic E-state index is -1.93. The molecule has 0 aliphatic heterocycles. The first kappa shape index (κ1) is 16.6. The highest BCUT2D eigenvalue weighted by molar-refractivity contribution is 6.61. The summed E-state index contributed by atoms with van der Waals surface area (Å²) >= 11 is 0. The molecule has 1 aromatic rings. The van der Waals surface area contributed by atoms with Gasteiger partial charge >= 0.3 is 15.3 Å². The average molecular weight is 294 g/mol. The molecule has 5 heteroatoms. The summed E-state index contributed by atoms with van der Waals surface area (Å²) in [5.74, 6) is -0.383. The van der Waals surface area contributed by atoms with E-state index in [2.05, 4.69) is 6.58 Å². The van der Waals surface area contributed by atoms with Crippen LogP contribution in [0.1, 0.15) is 26.3 Å². The van der Waals surface area contributed by atoms with Crippen LogP contribution in [0.15, 0.2) is 36.4 Å². The van der Waals surface area contributed by atoms with Crippen molar-refractivity contribution in [2.75, 3.05) is 13.2 Å². The topological polar surface area (TPSA) is 44.8 Å². The van der Waals surface area contributed by atoms with Gasteiger partial charge < -0.3 is 13.6 Å². The average Bonchev–Trinajstić information content (AvgIpc) is 2.44. The van der Waals surface area contributed by atoms with E-state index in [9.17, 15) is 4.79 Å². The molecule has 110 valence electrons. The number of carbonyl (C=O) groups is 1. The second kappa shape index (κ2) is 8.68. The van der Waals surface area contributed by atoms with Gasteiger partial charge in [0, 0.05) is 18.8 Å². The fourth-order valence-electron chi connectivity index (χ4n) is 1.69. The Hall–Kier alpha value is -1.43. The highest BCUT2D eigenvalue weighted by atomic mass is 28.3. The van der Waals surface area contributed by atoms with Crippen LogP contribution in [0, 0.1) is 0 Å². The Bertz CT molecular complexity index is 453. The van der Waals surface area contributed by atoms with Crippen molar-refractivity contribution in [1.29, 1.82) is 0 Å². The molecule has 0 amide bonds. The third kappa shape index (κ3) is 4.92. The molecule has 0 saturated heterocycles. The third-order valence-electron chi connectivity index (χ3n) is 2.65. The Labute approximate surface area is 122 Å². The maximum Gasteiger partial charge on any atom is 0.356 e. The van der Waals surface area contributed by atoms with Crippen LogP contribution < -0.4 is 5.19 Å². The number of esters is 1. The Morgan fingerprint density at radius 1 is 1.20 bits per heavy atom. The fourth-order valence-corrected chi connectivity index (χ4v) is 3.50. The van der Waals surface area contributed by atoms with Crippen LogP contribution in [-0.4, -0.2) is 28.5 Å². The number of rotatable bonds is 8. The van der Waals surface area contributed by atoms with E-state index in [0.717, 1.165) is 10.8 Å². The highest BCUT2D eigenvalue weighted by Crippen LogP contribution is 2.05. The van der Waals surface area contributed by atoms with Crippen LogP contribution in [0.5, 0.6) is 0 Å². The van der Waals surface area contributed by atoms with Gasteiger partial charge in [-0.2, -0.15) is 0 Å². The molecular weight excluding hydrogens is 272 g/mol. The lowest BCUT2D eigenvalue weighted by atomic mass is 10.2. The molecule has 0 saturated carbocycles. The molecule has 20 heavy (non-hydrogen) atoms. The van der Waals surface area contributed by atoms with Gasteiger partial charge in [-0.3, -0.25) is 0 Å². The summed E-state index contributed by atoms with van der Waals surface area (Å²) in [4.78, 5) is 11.5. The molecule has 1 rings (SSSR count). The van der Waals surface area contributed by atoms with Gasteiger partial charge in [0.05, 0.1) is 0 Å². The van der Waals surface area contributed by atoms with Gasteiger partial charge in [0.25, 0.3) is 0 Å². The first-order valence-corrected chi connectivity index (χ1v) is 8.25. The molecule has 0 fully saturated rings. The summed E-state index contributed by atoms with van der Waals surface area (Å²) in [5, 5.41) is 1.02. The molecule has 0 aliphatic carbocycles. The van der Waals surface area contributed by atoms with Gasteiger partial charge in [-0.1, -0.05) is 30.8 Å². The summed E-state index contributed by atoms with van der Waals surface area (Å²) in [6, 6.07) is 7.76. The van der Waals surface area contributed by atoms with Gasteiger partial charge in [-0.15, -0.1) is 0 Å². The molecule has 0 atom stereocenters. The molecular formula is C15H22O4Si. The number of hydrogen-bond donors (Lipinski definition) is 0. The summed E-state index contributed by atoms with van der Waals surface area (Å²) in [6.07, 6.45) is 0. The molecule has 0 unspecified atom stereocenters. The van der Waals surface area contributed by atoms with E-state index in [1.165, 1.54) is 0 Å². The number of carbonyl (C=O) groups excluding carboxylic acids is 1. The van der Waals surface area contributed by atoms with E-state index >= 15 is 0 Å². The Morgan fingerprint density at radius 2 is 1.80 bits per heavy atom. The minimum absolute atomic E-state index is 0.214. The smallest absolute Gasteiger partial charge is 0.356 e. The first-order valence-electron chi connectivity index (χ1n) is 6.73. The number of hydrogen-bond acceptors (Lipinski definition) is 4. The van der Waals surface area contributed by atoms with Crippen molar-refractivity contribution in [2.45, 2.75) is 27.4 Å². The Kier molecular flexibility index (Phi) is 7.21. The highest BCUT2D eigenvalue weighted by Gasteiger charge is 2.19. The molecule has 0 aromatic heterocycles. The van der Waals surface area contributed by atoms with Crippen molar-refractivity contribution in [3.63, 3.8) is 0 Å². The quantitative estimate of drug-likeness (QED) is 0.417. The standard InChI is InChI=1S/C15H22O4Si/c1-5-18-20(19-6-2)14-10-8-7-9-13(14)11-17-15(16)12(3)4/h7-10,20H,3,5-6,11H2,1-2,4H3. The maximum atomic E-state index is 11.5. The van der Waals surface area contributed by atoms with Gasteiger partial charge in [0.2, 0.25) is 0 Å². The predicted molar refractivity (Wildman–Crippen MR) is 81.1 cm³/mol. The number of benzene rings is 1. The largest absolute Gasteiger partial charge is 0.457 e. The first-order chi connectivity index (χ1) is 9.60. The van der Waals surface area contributed by atoms with Crippen LogP contribution in [0.25, 0.3) is 0 Å². The Balaban J connectivity index is 2.85. The molecule has 0 aliphatic rings. The van der Waals surface area contributed by atoms with E-state index in [1.54, 1.807) is 6.92 Å². The zero-order valence-corrected chi connectivity index (χ0v) is 13.5. The second-order valence-corrected chi connectivity index (χ2v) is 6.25. The lowest BCUT2D eigenvalue weighted by Crippen LogP contribution is -2.39. The molecule has 1 aromatic carbocycles. The van der Waals surface area contributed by atoms with Crippen LogP contribution in [0.4, 0.5) is 0 Å². The van der Waals surface area contributed by atoms with Gasteiger partial charge in [-0.05, 0) is 31.5 Å². The molecule has 0 bridgehead atoms. The predicted octanol–water partition coefficient (Wildman–Crippen LogP) is 1.81. The van der Waals surface area contributed by atoms with Crippen molar-refractivity contribution in [3.05, 3.63) is 42.0 Å². The van der Waals surface area contributed by atoms with Crippen LogP contribution in [-0.2, 0) is 25.0 Å². The molecule has 0 spiro atoms. The summed E-state index contributed by atoms with van der Waals surface area (Å²) in [5.41, 5.74) is 1.33. The maximum absolute atomic E-state index is 11.5. The zero-order chi connectivity index (χ0) is 15.0. The second-order valence-electron chi connectivity index (χ2n) is 4.30. The van der Waals surface area contributed by atoms with Gasteiger partial charge in [0.1, 0.15) is 6.61 Å². The monoisotopic (exact) mass is 294 g/mol. The van der Waals surface area contributed by atoms with Crippen molar-refractivity contribution in [1.82, 2.24) is 0 Å². The van der Waals surface area contributed by atoms with Crippen molar-refractivity contribution in [2.24, 2.45) is 0 Å². The summed E-state index contributed by atoms with van der Waals surface area (Å²) in [6.45, 7) is 10.5. The molecule has 4 nitrogen and oxygen atoms in total. The summed E-state index contributed by atoms with van der Waals surface area (Å²) in [7, 11) is -1.93. The summed E-state index contributed by atoms with van der Waals surface area (Å²) < 4.78 is 16.7. The third-order valence-corrected chi connectivity index (χ3v) is 5.00. The Morgan fingerprint density at radius 3 is 2.35 bits per heavy atom. The number of ether oxygens (including phenoxy) is 1. The van der Waals surface area contributed by atoms with E-state index < -0.39 is 9.28 Å². The van der Waals surface area contributed by atoms with Gasteiger partial charge in [-0.25, -0.2) is 4.79 Å². The van der Waals surface area contributed by atoms with E-state index in [0.29, 0.717) is 18.8 Å². The normalized spacial score (nSPS) is 10.6. The van der Waals surface area contributed by atoms with Crippen LogP contribution in [0.2, 0.25) is 0 Å². The lowest BCUT2D eigenvalue weighted by molar-refractivity contribution is -0.140. The zero-order valence-electron chi connectivity index (χ0n) is 12.3. The molecule has 0 heterocycles. The van der Waals surface area contributed by atoms with Crippen molar-refractivity contribution >= 4 is 20.4 Å². The lowest BCUT2D eigenvalue weighted by Gasteiger charge is -2.18. The van der Waals surface area contributed by atoms with Crippen molar-refractivity contribution < 1.29 is 18.4 Å². The molecule has 0 radical (unpaired) electrons. The molecule has 0 N–H and O–H groups in total. The van der Waals surface area contributed by atoms with Gasteiger partial charge in [0.15, 0.2) is 0 Å². The van der Waals surface area contributed by atoms with E-state index in [-0.39, 0.29) is 12.6 Å². The SMILES string of the molecule is C=C(C)C(=O)OCc1ccccc1[SiH](OCC)OCC. The van der Waals surface area contributed by atoms with E-state index in [4.69, 9.17) is 13.6 Å². The van der Waals surface area contributed by atoms with E-state index in [1.807, 2.05) is 38.1 Å². The van der Waals surface area contributed by atoms with Crippen LogP contribution in [0.3, 0.4) is 0 Å². The fraction of sp³-hybridized carbons (Fsp3) is 0.400. The van der Waals surface area contributed by atoms with Crippen LogP contribution >= 0.6 is 0 Å². The van der Waals surface area contributed by atoms with Crippen molar-refractivity contribution in [3.8, 4) is 0 Å².